The molecule has 0 radical (unpaired) electrons. The largest absolute Gasteiger partial charge is 0.383 e. The standard InChI is InChI=1S/C16H16N4/c1-12-15(17)20-11-10-18-14(16(20)19-12)9-5-8-13-6-3-2-4-7-13/h2-7,9-11H,8,17H2,1H3. The van der Waals surface area contributed by atoms with Crippen LogP contribution in [0.15, 0.2) is 48.8 Å². The summed E-state index contributed by atoms with van der Waals surface area (Å²) in [6.07, 6.45) is 8.54. The topological polar surface area (TPSA) is 56.2 Å². The zero-order valence-electron chi connectivity index (χ0n) is 11.3. The molecule has 0 atom stereocenters. The Hall–Kier alpha value is -2.62. The van der Waals surface area contributed by atoms with E-state index in [0.29, 0.717) is 5.82 Å². The number of anilines is 1. The lowest BCUT2D eigenvalue weighted by Crippen LogP contribution is -1.95. The van der Waals surface area contributed by atoms with Gasteiger partial charge in [0.2, 0.25) is 0 Å². The third-order valence-corrected chi connectivity index (χ3v) is 3.26. The summed E-state index contributed by atoms with van der Waals surface area (Å²) in [4.78, 5) is 8.83. The first-order valence-electron chi connectivity index (χ1n) is 6.55. The first kappa shape index (κ1) is 12.4. The number of imidazole rings is 1. The Kier molecular flexibility index (Phi) is 3.21. The first-order valence-corrected chi connectivity index (χ1v) is 6.55. The molecular formula is C16H16N4. The van der Waals surface area contributed by atoms with Gasteiger partial charge >= 0.3 is 0 Å². The Balaban J connectivity index is 1.89. The van der Waals surface area contributed by atoms with E-state index in [2.05, 4.69) is 28.2 Å². The van der Waals surface area contributed by atoms with Crippen LogP contribution in [0.2, 0.25) is 0 Å². The van der Waals surface area contributed by atoms with Crippen molar-refractivity contribution in [1.82, 2.24) is 14.4 Å². The van der Waals surface area contributed by atoms with Crippen LogP contribution in [0.4, 0.5) is 5.82 Å². The molecule has 4 nitrogen and oxygen atoms in total. The molecule has 0 amide bonds. The second-order valence-corrected chi connectivity index (χ2v) is 4.68. The SMILES string of the molecule is Cc1nc2c(C=CCc3ccccc3)nccn2c1N. The van der Waals surface area contributed by atoms with Crippen LogP contribution in [-0.4, -0.2) is 14.4 Å². The van der Waals surface area contributed by atoms with E-state index in [-0.39, 0.29) is 0 Å². The molecule has 2 aromatic heterocycles. The van der Waals surface area contributed by atoms with Gasteiger partial charge in [-0.3, -0.25) is 9.38 Å². The van der Waals surface area contributed by atoms with Gasteiger partial charge in [0.15, 0.2) is 5.65 Å². The van der Waals surface area contributed by atoms with E-state index in [1.807, 2.05) is 41.8 Å². The van der Waals surface area contributed by atoms with Crippen LogP contribution in [0, 0.1) is 6.92 Å². The van der Waals surface area contributed by atoms with Crippen LogP contribution in [-0.2, 0) is 6.42 Å². The highest BCUT2D eigenvalue weighted by molar-refractivity contribution is 5.65. The highest BCUT2D eigenvalue weighted by Crippen LogP contribution is 2.16. The van der Waals surface area contributed by atoms with Crippen LogP contribution in [0.25, 0.3) is 11.7 Å². The van der Waals surface area contributed by atoms with Gasteiger partial charge in [0.05, 0.1) is 5.69 Å². The summed E-state index contributed by atoms with van der Waals surface area (Å²) >= 11 is 0. The molecule has 0 spiro atoms. The molecule has 0 saturated heterocycles. The summed E-state index contributed by atoms with van der Waals surface area (Å²) in [6, 6.07) is 10.3. The maximum absolute atomic E-state index is 5.98. The van der Waals surface area contributed by atoms with Gasteiger partial charge in [0, 0.05) is 12.4 Å². The number of aromatic nitrogens is 3. The van der Waals surface area contributed by atoms with E-state index < -0.39 is 0 Å². The molecule has 0 saturated carbocycles. The highest BCUT2D eigenvalue weighted by atomic mass is 15.1. The maximum atomic E-state index is 5.98. The summed E-state index contributed by atoms with van der Waals surface area (Å²) in [5.41, 5.74) is 9.71. The average Bonchev–Trinajstić information content (AvgIpc) is 2.77. The molecule has 1 aromatic carbocycles. The summed E-state index contributed by atoms with van der Waals surface area (Å²) in [6.45, 7) is 1.90. The molecular weight excluding hydrogens is 248 g/mol. The first-order chi connectivity index (χ1) is 9.75. The van der Waals surface area contributed by atoms with Gasteiger partial charge in [0.25, 0.3) is 0 Å². The fourth-order valence-electron chi connectivity index (χ4n) is 2.17. The van der Waals surface area contributed by atoms with Gasteiger partial charge in [-0.05, 0) is 25.0 Å². The minimum absolute atomic E-state index is 0.667. The highest BCUT2D eigenvalue weighted by Gasteiger charge is 2.07. The molecule has 3 aromatic rings. The van der Waals surface area contributed by atoms with Crippen molar-refractivity contribution in [2.75, 3.05) is 5.73 Å². The zero-order chi connectivity index (χ0) is 13.9. The molecule has 0 aliphatic heterocycles. The monoisotopic (exact) mass is 264 g/mol. The molecule has 0 aliphatic rings. The normalized spacial score (nSPS) is 11.4. The van der Waals surface area contributed by atoms with Crippen molar-refractivity contribution in [2.24, 2.45) is 0 Å². The lowest BCUT2D eigenvalue weighted by molar-refractivity contribution is 1.12. The zero-order valence-corrected chi connectivity index (χ0v) is 11.3. The number of rotatable bonds is 3. The Labute approximate surface area is 117 Å². The molecule has 3 rings (SSSR count). The van der Waals surface area contributed by atoms with Crippen molar-refractivity contribution in [3.05, 3.63) is 65.8 Å². The van der Waals surface area contributed by atoms with E-state index in [4.69, 9.17) is 5.73 Å². The van der Waals surface area contributed by atoms with Crippen LogP contribution in [0.3, 0.4) is 0 Å². The number of nitrogens with zero attached hydrogens (tertiary/aromatic N) is 3. The Morgan fingerprint density at radius 2 is 2.05 bits per heavy atom. The molecule has 0 aliphatic carbocycles. The van der Waals surface area contributed by atoms with Gasteiger partial charge < -0.3 is 5.73 Å². The van der Waals surface area contributed by atoms with E-state index in [1.165, 1.54) is 5.56 Å². The molecule has 0 bridgehead atoms. The number of benzene rings is 1. The van der Waals surface area contributed by atoms with Crippen LogP contribution in [0.5, 0.6) is 0 Å². The fraction of sp³-hybridized carbons (Fsp3) is 0.125. The predicted octanol–water partition coefficient (Wildman–Crippen LogP) is 2.88. The Morgan fingerprint density at radius 1 is 1.25 bits per heavy atom. The number of allylic oxidation sites excluding steroid dienone is 1. The number of fused-ring (bicyclic) bond motifs is 1. The van der Waals surface area contributed by atoms with E-state index in [1.54, 1.807) is 6.20 Å². The van der Waals surface area contributed by atoms with E-state index in [0.717, 1.165) is 23.5 Å². The van der Waals surface area contributed by atoms with Crippen molar-refractivity contribution in [3.8, 4) is 0 Å². The lowest BCUT2D eigenvalue weighted by atomic mass is 10.1. The fourth-order valence-corrected chi connectivity index (χ4v) is 2.17. The van der Waals surface area contributed by atoms with Crippen molar-refractivity contribution < 1.29 is 0 Å². The summed E-state index contributed by atoms with van der Waals surface area (Å²) in [5, 5.41) is 0. The molecule has 100 valence electrons. The molecule has 20 heavy (non-hydrogen) atoms. The van der Waals surface area contributed by atoms with Crippen molar-refractivity contribution in [1.29, 1.82) is 0 Å². The van der Waals surface area contributed by atoms with Crippen LogP contribution in [0.1, 0.15) is 17.0 Å². The molecule has 2 heterocycles. The molecule has 2 N–H and O–H groups in total. The van der Waals surface area contributed by atoms with Crippen molar-refractivity contribution in [3.63, 3.8) is 0 Å². The van der Waals surface area contributed by atoms with Crippen LogP contribution < -0.4 is 5.73 Å². The summed E-state index contributed by atoms with van der Waals surface area (Å²) in [7, 11) is 0. The maximum Gasteiger partial charge on any atom is 0.164 e. The Bertz CT molecular complexity index is 757. The quantitative estimate of drug-likeness (QED) is 0.791. The van der Waals surface area contributed by atoms with E-state index in [9.17, 15) is 0 Å². The number of aryl methyl sites for hydroxylation is 1. The number of nitrogen functional groups attached to an aromatic ring is 1. The molecule has 4 heteroatoms. The lowest BCUT2D eigenvalue weighted by Gasteiger charge is -1.99. The predicted molar refractivity (Wildman–Crippen MR) is 81.3 cm³/mol. The van der Waals surface area contributed by atoms with Gasteiger partial charge in [-0.2, -0.15) is 0 Å². The van der Waals surface area contributed by atoms with Crippen LogP contribution >= 0.6 is 0 Å². The minimum Gasteiger partial charge on any atom is -0.383 e. The average molecular weight is 264 g/mol. The second-order valence-electron chi connectivity index (χ2n) is 4.68. The van der Waals surface area contributed by atoms with Gasteiger partial charge in [-0.25, -0.2) is 4.98 Å². The third kappa shape index (κ3) is 2.28. The Morgan fingerprint density at radius 3 is 2.85 bits per heavy atom. The summed E-state index contributed by atoms with van der Waals surface area (Å²) < 4.78 is 1.87. The van der Waals surface area contributed by atoms with Crippen molar-refractivity contribution in [2.45, 2.75) is 13.3 Å². The third-order valence-electron chi connectivity index (χ3n) is 3.26. The molecule has 0 unspecified atom stereocenters. The molecule has 0 fully saturated rings. The van der Waals surface area contributed by atoms with Gasteiger partial charge in [0.1, 0.15) is 11.5 Å². The number of nitrogens with two attached hydrogens (primary N) is 1. The minimum atomic E-state index is 0.667. The number of hydrogen-bond donors (Lipinski definition) is 1. The van der Waals surface area contributed by atoms with E-state index >= 15 is 0 Å². The second kappa shape index (κ2) is 5.17. The number of hydrogen-bond acceptors (Lipinski definition) is 3. The van der Waals surface area contributed by atoms with Crippen molar-refractivity contribution >= 4 is 17.5 Å². The van der Waals surface area contributed by atoms with Gasteiger partial charge in [-0.1, -0.05) is 36.4 Å². The summed E-state index contributed by atoms with van der Waals surface area (Å²) in [5.74, 6) is 0.667. The van der Waals surface area contributed by atoms with Gasteiger partial charge in [-0.15, -0.1) is 0 Å². The smallest absolute Gasteiger partial charge is 0.164 e.